The van der Waals surface area contributed by atoms with Crippen molar-refractivity contribution in [3.05, 3.63) is 48.0 Å². The van der Waals surface area contributed by atoms with Crippen LogP contribution in [0.4, 0.5) is 0 Å². The molecule has 2 aromatic heterocycles. The van der Waals surface area contributed by atoms with E-state index < -0.39 is 0 Å². The molecule has 4 heteroatoms. The van der Waals surface area contributed by atoms with Gasteiger partial charge in [-0.2, -0.15) is 5.10 Å². The van der Waals surface area contributed by atoms with E-state index >= 15 is 0 Å². The number of pyridine rings is 1. The number of aromatic nitrogens is 3. The highest BCUT2D eigenvalue weighted by Gasteiger charge is 1.91. The highest BCUT2D eigenvalue weighted by Crippen LogP contribution is 1.98. The van der Waals surface area contributed by atoms with Crippen molar-refractivity contribution in [1.82, 2.24) is 14.8 Å². The molecule has 2 rings (SSSR count). The van der Waals surface area contributed by atoms with Crippen molar-refractivity contribution in [3.63, 3.8) is 0 Å². The van der Waals surface area contributed by atoms with Crippen LogP contribution in [0, 0.1) is 11.8 Å². The zero-order chi connectivity index (χ0) is 11.2. The first kappa shape index (κ1) is 10.4. The normalized spacial score (nSPS) is 9.56. The smallest absolute Gasteiger partial charge is 0.113 e. The average molecular weight is 212 g/mol. The van der Waals surface area contributed by atoms with Gasteiger partial charge in [-0.15, -0.1) is 0 Å². The molecule has 0 unspecified atom stereocenters. The number of nitrogens with two attached hydrogens (primary N) is 1. The Morgan fingerprint density at radius 1 is 1.38 bits per heavy atom. The van der Waals surface area contributed by atoms with Gasteiger partial charge in [-0.25, -0.2) is 4.98 Å². The maximum Gasteiger partial charge on any atom is 0.113 e. The molecule has 0 saturated heterocycles. The summed E-state index contributed by atoms with van der Waals surface area (Å²) in [7, 11) is 0. The fourth-order valence-corrected chi connectivity index (χ4v) is 1.27. The number of hydrogen-bond acceptors (Lipinski definition) is 3. The van der Waals surface area contributed by atoms with Crippen LogP contribution in [0.25, 0.3) is 0 Å². The second-order valence-corrected chi connectivity index (χ2v) is 3.26. The van der Waals surface area contributed by atoms with Crippen molar-refractivity contribution in [2.75, 3.05) is 0 Å². The quantitative estimate of drug-likeness (QED) is 0.749. The Morgan fingerprint density at radius 3 is 3.06 bits per heavy atom. The predicted molar refractivity (Wildman–Crippen MR) is 61.2 cm³/mol. The van der Waals surface area contributed by atoms with Gasteiger partial charge in [0.05, 0.1) is 0 Å². The highest BCUT2D eigenvalue weighted by molar-refractivity contribution is 5.30. The van der Waals surface area contributed by atoms with Crippen molar-refractivity contribution in [3.8, 4) is 11.8 Å². The van der Waals surface area contributed by atoms with Crippen molar-refractivity contribution in [2.45, 2.75) is 13.1 Å². The molecular formula is C12H12N4. The van der Waals surface area contributed by atoms with Gasteiger partial charge in [0, 0.05) is 25.1 Å². The molecule has 0 atom stereocenters. The summed E-state index contributed by atoms with van der Waals surface area (Å²) in [6.07, 6.45) is 5.33. The molecule has 0 bridgehead atoms. The number of nitrogens with zero attached hydrogens (tertiary/aromatic N) is 3. The fourth-order valence-electron chi connectivity index (χ4n) is 1.27. The molecule has 0 saturated carbocycles. The Labute approximate surface area is 94.1 Å². The first-order valence-corrected chi connectivity index (χ1v) is 5.00. The van der Waals surface area contributed by atoms with Crippen LogP contribution >= 0.6 is 0 Å². The number of rotatable bonds is 2. The van der Waals surface area contributed by atoms with E-state index in [2.05, 4.69) is 21.9 Å². The Morgan fingerprint density at radius 2 is 2.31 bits per heavy atom. The molecule has 0 amide bonds. The molecule has 4 nitrogen and oxygen atoms in total. The SMILES string of the molecule is NCc1ccnc(C#CCn2cccn2)c1. The topological polar surface area (TPSA) is 56.7 Å². The van der Waals surface area contributed by atoms with E-state index in [0.29, 0.717) is 13.1 Å². The molecule has 2 N–H and O–H groups in total. The van der Waals surface area contributed by atoms with Gasteiger partial charge >= 0.3 is 0 Å². The van der Waals surface area contributed by atoms with Crippen LogP contribution in [0.2, 0.25) is 0 Å². The molecule has 0 radical (unpaired) electrons. The third-order valence-corrected chi connectivity index (χ3v) is 2.08. The first-order chi connectivity index (χ1) is 7.88. The molecule has 2 aromatic rings. The van der Waals surface area contributed by atoms with E-state index in [4.69, 9.17) is 5.73 Å². The van der Waals surface area contributed by atoms with Crippen LogP contribution in [-0.4, -0.2) is 14.8 Å². The molecule has 0 aliphatic heterocycles. The number of hydrogen-bond donors (Lipinski definition) is 1. The van der Waals surface area contributed by atoms with Gasteiger partial charge in [-0.1, -0.05) is 5.92 Å². The Hall–Kier alpha value is -2.12. The van der Waals surface area contributed by atoms with E-state index in [0.717, 1.165) is 11.3 Å². The summed E-state index contributed by atoms with van der Waals surface area (Å²) in [5, 5.41) is 4.05. The zero-order valence-corrected chi connectivity index (χ0v) is 8.80. The monoisotopic (exact) mass is 212 g/mol. The van der Waals surface area contributed by atoms with Gasteiger partial charge in [0.25, 0.3) is 0 Å². The molecular weight excluding hydrogens is 200 g/mol. The molecule has 16 heavy (non-hydrogen) atoms. The van der Waals surface area contributed by atoms with Crippen molar-refractivity contribution in [2.24, 2.45) is 5.73 Å². The van der Waals surface area contributed by atoms with Crippen LogP contribution in [0.5, 0.6) is 0 Å². The summed E-state index contributed by atoms with van der Waals surface area (Å²) >= 11 is 0. The summed E-state index contributed by atoms with van der Waals surface area (Å²) in [6, 6.07) is 5.66. The molecule has 80 valence electrons. The van der Waals surface area contributed by atoms with Crippen molar-refractivity contribution in [1.29, 1.82) is 0 Å². The summed E-state index contributed by atoms with van der Waals surface area (Å²) in [6.45, 7) is 1.08. The summed E-state index contributed by atoms with van der Waals surface area (Å²) in [4.78, 5) is 4.15. The fraction of sp³-hybridized carbons (Fsp3) is 0.167. The first-order valence-electron chi connectivity index (χ1n) is 5.00. The minimum atomic E-state index is 0.510. The lowest BCUT2D eigenvalue weighted by atomic mass is 10.2. The van der Waals surface area contributed by atoms with Gasteiger partial charge in [-0.3, -0.25) is 4.68 Å². The molecule has 2 heterocycles. The van der Waals surface area contributed by atoms with E-state index in [1.165, 1.54) is 0 Å². The largest absolute Gasteiger partial charge is 0.326 e. The van der Waals surface area contributed by atoms with Crippen LogP contribution < -0.4 is 5.73 Å². The predicted octanol–water partition coefficient (Wildman–Crippen LogP) is 0.788. The molecule has 0 fully saturated rings. The van der Waals surface area contributed by atoms with E-state index in [1.54, 1.807) is 17.1 Å². The van der Waals surface area contributed by atoms with E-state index in [-0.39, 0.29) is 0 Å². The standard InChI is InChI=1S/C12H12N4/c13-10-11-4-6-14-12(9-11)3-1-7-16-8-2-5-15-16/h2,4-6,8-9H,7,10,13H2. The van der Waals surface area contributed by atoms with Crippen LogP contribution in [-0.2, 0) is 13.1 Å². The Balaban J connectivity index is 2.06. The molecule has 0 spiro atoms. The summed E-state index contributed by atoms with van der Waals surface area (Å²) in [5.41, 5.74) is 7.32. The van der Waals surface area contributed by atoms with Gasteiger partial charge in [-0.05, 0) is 29.7 Å². The molecule has 0 aliphatic rings. The van der Waals surface area contributed by atoms with Crippen LogP contribution in [0.1, 0.15) is 11.3 Å². The lowest BCUT2D eigenvalue weighted by Crippen LogP contribution is -1.97. The second-order valence-electron chi connectivity index (χ2n) is 3.26. The van der Waals surface area contributed by atoms with Gasteiger partial charge in [0.1, 0.15) is 12.2 Å². The van der Waals surface area contributed by atoms with Gasteiger partial charge < -0.3 is 5.73 Å². The minimum absolute atomic E-state index is 0.510. The van der Waals surface area contributed by atoms with Crippen molar-refractivity contribution < 1.29 is 0 Å². The minimum Gasteiger partial charge on any atom is -0.326 e. The third kappa shape index (κ3) is 2.69. The van der Waals surface area contributed by atoms with Crippen molar-refractivity contribution >= 4 is 0 Å². The maximum absolute atomic E-state index is 5.53. The second kappa shape index (κ2) is 5.10. The van der Waals surface area contributed by atoms with Crippen LogP contribution in [0.15, 0.2) is 36.8 Å². The average Bonchev–Trinajstić information content (AvgIpc) is 2.82. The lowest BCUT2D eigenvalue weighted by molar-refractivity contribution is 0.715. The summed E-state index contributed by atoms with van der Waals surface area (Å²) in [5.74, 6) is 5.98. The maximum atomic E-state index is 5.53. The van der Waals surface area contributed by atoms with Gasteiger partial charge in [0.15, 0.2) is 0 Å². The zero-order valence-electron chi connectivity index (χ0n) is 8.80. The highest BCUT2D eigenvalue weighted by atomic mass is 15.3. The third-order valence-electron chi connectivity index (χ3n) is 2.08. The summed E-state index contributed by atoms with van der Waals surface area (Å²) < 4.78 is 1.76. The Bertz CT molecular complexity index is 505. The Kier molecular flexibility index (Phi) is 3.31. The molecule has 0 aliphatic carbocycles. The van der Waals surface area contributed by atoms with Gasteiger partial charge in [0.2, 0.25) is 0 Å². The van der Waals surface area contributed by atoms with E-state index in [9.17, 15) is 0 Å². The molecule has 0 aromatic carbocycles. The van der Waals surface area contributed by atoms with Crippen LogP contribution in [0.3, 0.4) is 0 Å². The van der Waals surface area contributed by atoms with E-state index in [1.807, 2.05) is 24.4 Å². The lowest BCUT2D eigenvalue weighted by Gasteiger charge is -1.95.